The zero-order chi connectivity index (χ0) is 9.97. The van der Waals surface area contributed by atoms with Crippen molar-refractivity contribution in [3.05, 3.63) is 0 Å². The lowest BCUT2D eigenvalue weighted by molar-refractivity contribution is -0.116. The summed E-state index contributed by atoms with van der Waals surface area (Å²) >= 11 is 0. The molecule has 14 heavy (non-hydrogen) atoms. The zero-order valence-electron chi connectivity index (χ0n) is 8.96. The second-order valence-corrected chi connectivity index (χ2v) is 4.67. The number of Topliss-reactive ketones (excluding diaryl/α,β-unsaturated/α-hetero) is 1. The van der Waals surface area contributed by atoms with Crippen molar-refractivity contribution in [2.75, 3.05) is 20.1 Å². The Morgan fingerprint density at radius 3 is 2.79 bits per heavy atom. The first-order chi connectivity index (χ1) is 6.75. The highest BCUT2D eigenvalue weighted by atomic mass is 16.1. The van der Waals surface area contributed by atoms with Crippen molar-refractivity contribution in [2.24, 2.45) is 0 Å². The van der Waals surface area contributed by atoms with Crippen LogP contribution in [0.1, 0.15) is 32.1 Å². The zero-order valence-corrected chi connectivity index (χ0v) is 8.96. The Bertz CT molecular complexity index is 213. The Kier molecular flexibility index (Phi) is 3.19. The van der Waals surface area contributed by atoms with E-state index in [4.69, 9.17) is 0 Å². The average molecular weight is 196 g/mol. The van der Waals surface area contributed by atoms with Gasteiger partial charge in [-0.15, -0.1) is 0 Å². The van der Waals surface area contributed by atoms with E-state index >= 15 is 0 Å². The number of nitrogens with one attached hydrogen (secondary N) is 1. The molecule has 1 saturated heterocycles. The molecule has 1 N–H and O–H groups in total. The fourth-order valence-electron chi connectivity index (χ4n) is 2.25. The summed E-state index contributed by atoms with van der Waals surface area (Å²) in [6.45, 7) is 1.73. The lowest BCUT2D eigenvalue weighted by Gasteiger charge is -2.35. The standard InChI is InChI=1S/C11H20N2O/c1-13(10-3-2-4-10)6-5-9-7-11(14)8-12-9/h9-10,12H,2-8H2,1H3. The molecular formula is C11H20N2O. The Labute approximate surface area is 85.8 Å². The van der Waals surface area contributed by atoms with Crippen LogP contribution in [0.25, 0.3) is 0 Å². The van der Waals surface area contributed by atoms with Crippen molar-refractivity contribution in [1.82, 2.24) is 10.2 Å². The first-order valence-corrected chi connectivity index (χ1v) is 5.71. The molecular weight excluding hydrogens is 176 g/mol. The summed E-state index contributed by atoms with van der Waals surface area (Å²) in [7, 11) is 2.21. The maximum atomic E-state index is 11.0. The van der Waals surface area contributed by atoms with Crippen molar-refractivity contribution >= 4 is 5.78 Å². The fraction of sp³-hybridized carbons (Fsp3) is 0.909. The SMILES string of the molecule is CN(CCC1CC(=O)CN1)C1CCC1. The number of carbonyl (C=O) groups excluding carboxylic acids is 1. The molecule has 1 atom stereocenters. The largest absolute Gasteiger partial charge is 0.307 e. The van der Waals surface area contributed by atoms with Crippen LogP contribution in [-0.4, -0.2) is 42.9 Å². The number of rotatable bonds is 4. The summed E-state index contributed by atoms with van der Waals surface area (Å²) in [5.74, 6) is 0.376. The van der Waals surface area contributed by atoms with Gasteiger partial charge in [0.05, 0.1) is 6.54 Å². The summed E-state index contributed by atoms with van der Waals surface area (Å²) in [6.07, 6.45) is 6.01. The molecule has 0 spiro atoms. The van der Waals surface area contributed by atoms with E-state index < -0.39 is 0 Å². The minimum Gasteiger partial charge on any atom is -0.307 e. The molecule has 2 fully saturated rings. The third-order valence-electron chi connectivity index (χ3n) is 3.59. The number of carbonyl (C=O) groups is 1. The van der Waals surface area contributed by atoms with E-state index in [1.165, 1.54) is 19.3 Å². The molecule has 0 aromatic heterocycles. The molecule has 2 rings (SSSR count). The highest BCUT2D eigenvalue weighted by Gasteiger charge is 2.24. The molecule has 0 aromatic carbocycles. The van der Waals surface area contributed by atoms with Gasteiger partial charge in [-0.3, -0.25) is 4.79 Å². The normalized spacial score (nSPS) is 28.4. The molecule has 0 bridgehead atoms. The number of ketones is 1. The molecule has 0 radical (unpaired) electrons. The first-order valence-electron chi connectivity index (χ1n) is 5.71. The van der Waals surface area contributed by atoms with Gasteiger partial charge >= 0.3 is 0 Å². The number of hydrogen-bond acceptors (Lipinski definition) is 3. The van der Waals surface area contributed by atoms with E-state index in [1.807, 2.05) is 0 Å². The summed E-state index contributed by atoms with van der Waals surface area (Å²) in [5.41, 5.74) is 0. The predicted molar refractivity (Wildman–Crippen MR) is 56.3 cm³/mol. The summed E-state index contributed by atoms with van der Waals surface area (Å²) in [4.78, 5) is 13.5. The van der Waals surface area contributed by atoms with Gasteiger partial charge in [-0.2, -0.15) is 0 Å². The highest BCUT2D eigenvalue weighted by Crippen LogP contribution is 2.23. The van der Waals surface area contributed by atoms with E-state index in [0.29, 0.717) is 18.4 Å². The van der Waals surface area contributed by atoms with Gasteiger partial charge in [-0.05, 0) is 32.9 Å². The minimum atomic E-state index is 0.376. The smallest absolute Gasteiger partial charge is 0.148 e. The van der Waals surface area contributed by atoms with Crippen molar-refractivity contribution in [2.45, 2.75) is 44.2 Å². The second-order valence-electron chi connectivity index (χ2n) is 4.67. The van der Waals surface area contributed by atoms with Crippen LogP contribution in [0, 0.1) is 0 Å². The third kappa shape index (κ3) is 2.34. The number of hydrogen-bond donors (Lipinski definition) is 1. The van der Waals surface area contributed by atoms with Crippen LogP contribution in [0.4, 0.5) is 0 Å². The molecule has 1 aliphatic heterocycles. The average Bonchev–Trinajstić information content (AvgIpc) is 2.45. The van der Waals surface area contributed by atoms with Gasteiger partial charge in [0.2, 0.25) is 0 Å². The summed E-state index contributed by atoms with van der Waals surface area (Å²) in [6, 6.07) is 1.28. The van der Waals surface area contributed by atoms with Crippen LogP contribution in [0.15, 0.2) is 0 Å². The highest BCUT2D eigenvalue weighted by molar-refractivity contribution is 5.83. The van der Waals surface area contributed by atoms with E-state index in [1.54, 1.807) is 0 Å². The molecule has 0 amide bonds. The van der Waals surface area contributed by atoms with Crippen LogP contribution in [-0.2, 0) is 4.79 Å². The van der Waals surface area contributed by atoms with Crippen LogP contribution in [0.3, 0.4) is 0 Å². The van der Waals surface area contributed by atoms with Gasteiger partial charge in [0.1, 0.15) is 5.78 Å². The van der Waals surface area contributed by atoms with Crippen LogP contribution < -0.4 is 5.32 Å². The lowest BCUT2D eigenvalue weighted by atomic mass is 9.91. The van der Waals surface area contributed by atoms with E-state index in [0.717, 1.165) is 25.4 Å². The quantitative estimate of drug-likeness (QED) is 0.721. The molecule has 0 aromatic rings. The van der Waals surface area contributed by atoms with Crippen molar-refractivity contribution < 1.29 is 4.79 Å². The van der Waals surface area contributed by atoms with Gasteiger partial charge in [0.25, 0.3) is 0 Å². The monoisotopic (exact) mass is 196 g/mol. The van der Waals surface area contributed by atoms with Gasteiger partial charge in [-0.1, -0.05) is 6.42 Å². The lowest BCUT2D eigenvalue weighted by Crippen LogP contribution is -2.39. The van der Waals surface area contributed by atoms with E-state index in [-0.39, 0.29) is 0 Å². The third-order valence-corrected chi connectivity index (χ3v) is 3.59. The fourth-order valence-corrected chi connectivity index (χ4v) is 2.25. The topological polar surface area (TPSA) is 32.3 Å². The minimum absolute atomic E-state index is 0.376. The Balaban J connectivity index is 1.63. The molecule has 1 unspecified atom stereocenters. The van der Waals surface area contributed by atoms with Crippen molar-refractivity contribution in [3.63, 3.8) is 0 Å². The molecule has 80 valence electrons. The number of nitrogens with zero attached hydrogens (tertiary/aromatic N) is 1. The van der Waals surface area contributed by atoms with Gasteiger partial charge in [0.15, 0.2) is 0 Å². The molecule has 1 saturated carbocycles. The van der Waals surface area contributed by atoms with Crippen molar-refractivity contribution in [1.29, 1.82) is 0 Å². The predicted octanol–water partition coefficient (Wildman–Crippen LogP) is 0.792. The van der Waals surface area contributed by atoms with Gasteiger partial charge in [0, 0.05) is 18.5 Å². The molecule has 3 heteroatoms. The van der Waals surface area contributed by atoms with Gasteiger partial charge < -0.3 is 10.2 Å². The second kappa shape index (κ2) is 4.41. The summed E-state index contributed by atoms with van der Waals surface area (Å²) in [5, 5.41) is 3.26. The maximum Gasteiger partial charge on any atom is 0.148 e. The van der Waals surface area contributed by atoms with E-state index in [2.05, 4.69) is 17.3 Å². The van der Waals surface area contributed by atoms with Crippen molar-refractivity contribution in [3.8, 4) is 0 Å². The van der Waals surface area contributed by atoms with Crippen LogP contribution in [0.2, 0.25) is 0 Å². The Morgan fingerprint density at radius 2 is 2.29 bits per heavy atom. The molecule has 2 aliphatic rings. The summed E-state index contributed by atoms with van der Waals surface area (Å²) < 4.78 is 0. The Morgan fingerprint density at radius 1 is 1.50 bits per heavy atom. The molecule has 1 heterocycles. The maximum absolute atomic E-state index is 11.0. The van der Waals surface area contributed by atoms with Gasteiger partial charge in [-0.25, -0.2) is 0 Å². The van der Waals surface area contributed by atoms with Crippen LogP contribution >= 0.6 is 0 Å². The Hall–Kier alpha value is -0.410. The first kappa shape index (κ1) is 10.1. The molecule has 3 nitrogen and oxygen atoms in total. The van der Waals surface area contributed by atoms with Crippen LogP contribution in [0.5, 0.6) is 0 Å². The van der Waals surface area contributed by atoms with E-state index in [9.17, 15) is 4.79 Å². The molecule has 1 aliphatic carbocycles.